The Morgan fingerprint density at radius 1 is 1.10 bits per heavy atom. The van der Waals surface area contributed by atoms with E-state index < -0.39 is 29.6 Å². The maximum atomic E-state index is 12.5. The molecule has 1 atom stereocenters. The Labute approximate surface area is 179 Å². The first kappa shape index (κ1) is 20.5. The number of aliphatic carboxylic acids is 1. The molecule has 1 saturated carbocycles. The van der Waals surface area contributed by atoms with Gasteiger partial charge in [-0.25, -0.2) is 9.59 Å². The summed E-state index contributed by atoms with van der Waals surface area (Å²) in [6.45, 7) is 0.101. The summed E-state index contributed by atoms with van der Waals surface area (Å²) < 4.78 is 5.44. The van der Waals surface area contributed by atoms with Crippen LogP contribution >= 0.6 is 0 Å². The molecule has 0 bridgehead atoms. The lowest BCUT2D eigenvalue weighted by molar-refractivity contribution is -0.143. The van der Waals surface area contributed by atoms with E-state index >= 15 is 0 Å². The summed E-state index contributed by atoms with van der Waals surface area (Å²) in [5, 5.41) is 14.2. The van der Waals surface area contributed by atoms with Gasteiger partial charge in [0.2, 0.25) is 5.91 Å². The maximum absolute atomic E-state index is 12.5. The summed E-state index contributed by atoms with van der Waals surface area (Å²) >= 11 is 0. The number of nitrogens with one attached hydrogen (secondary N) is 2. The molecule has 1 unspecified atom stereocenters. The quantitative estimate of drug-likeness (QED) is 0.600. The molecule has 7 heteroatoms. The molecular weight excluding hydrogens is 396 g/mol. The molecule has 0 spiro atoms. The number of carboxylic acid groups (broad SMARTS) is 1. The third-order valence-electron chi connectivity index (χ3n) is 5.80. The van der Waals surface area contributed by atoms with Gasteiger partial charge < -0.3 is 20.5 Å². The van der Waals surface area contributed by atoms with E-state index in [2.05, 4.69) is 16.6 Å². The summed E-state index contributed by atoms with van der Waals surface area (Å²) in [6, 6.07) is 14.9. The zero-order valence-corrected chi connectivity index (χ0v) is 16.8. The second-order valence-corrected chi connectivity index (χ2v) is 7.81. The third-order valence-corrected chi connectivity index (χ3v) is 5.80. The fourth-order valence-corrected chi connectivity index (χ4v) is 3.95. The molecule has 1 fully saturated rings. The molecule has 2 aliphatic carbocycles. The Hall–Kier alpha value is -3.79. The number of rotatable bonds is 7. The number of hydrogen-bond acceptors (Lipinski definition) is 4. The minimum Gasteiger partial charge on any atom is -0.480 e. The molecule has 0 aliphatic heterocycles. The van der Waals surface area contributed by atoms with Crippen molar-refractivity contribution in [2.45, 2.75) is 36.8 Å². The lowest BCUT2D eigenvalue weighted by Crippen LogP contribution is -2.52. The van der Waals surface area contributed by atoms with E-state index in [4.69, 9.17) is 11.2 Å². The minimum absolute atomic E-state index is 0.0777. The number of ether oxygens (including phenoxy) is 1. The van der Waals surface area contributed by atoms with Gasteiger partial charge in [-0.1, -0.05) is 48.5 Å². The van der Waals surface area contributed by atoms with Gasteiger partial charge in [-0.15, -0.1) is 12.3 Å². The molecule has 2 aromatic rings. The van der Waals surface area contributed by atoms with Gasteiger partial charge in [0.05, 0.1) is 0 Å². The first-order chi connectivity index (χ1) is 14.9. The number of fused-ring (bicyclic) bond motifs is 3. The molecule has 0 heterocycles. The highest BCUT2D eigenvalue weighted by atomic mass is 16.5. The van der Waals surface area contributed by atoms with Crippen molar-refractivity contribution in [3.63, 3.8) is 0 Å². The van der Waals surface area contributed by atoms with Gasteiger partial charge in [-0.2, -0.15) is 0 Å². The number of hydrogen-bond donors (Lipinski definition) is 3. The van der Waals surface area contributed by atoms with Crippen LogP contribution in [0.1, 0.15) is 36.3 Å². The monoisotopic (exact) mass is 418 g/mol. The smallest absolute Gasteiger partial charge is 0.407 e. The molecular formula is C24H22N2O5. The van der Waals surface area contributed by atoms with E-state index in [9.17, 15) is 19.5 Å². The normalized spacial score (nSPS) is 16.2. The standard InChI is InChI=1S/C24H22N2O5/c1-2-7-20(21(27)26-24(12-13-24)22(28)29)25-23(30)31-14-19-17-10-5-3-8-15(17)16-9-4-6-11-18(16)19/h1,3-6,8-11,19-20H,7,12-14H2,(H,25,30)(H,26,27)(H,28,29). The van der Waals surface area contributed by atoms with Crippen molar-refractivity contribution in [1.82, 2.24) is 10.6 Å². The average molecular weight is 418 g/mol. The number of carboxylic acids is 1. The highest BCUT2D eigenvalue weighted by molar-refractivity contribution is 5.93. The molecule has 158 valence electrons. The molecule has 0 saturated heterocycles. The van der Waals surface area contributed by atoms with E-state index in [-0.39, 0.29) is 18.9 Å². The number of carbonyl (C=O) groups is 3. The minimum atomic E-state index is -1.26. The van der Waals surface area contributed by atoms with Crippen LogP contribution in [0.25, 0.3) is 11.1 Å². The Bertz CT molecular complexity index is 1040. The Kier molecular flexibility index (Phi) is 5.38. The van der Waals surface area contributed by atoms with Gasteiger partial charge in [0, 0.05) is 12.3 Å². The molecule has 31 heavy (non-hydrogen) atoms. The van der Waals surface area contributed by atoms with Crippen LogP contribution in [0.15, 0.2) is 48.5 Å². The van der Waals surface area contributed by atoms with Crippen molar-refractivity contribution in [3.8, 4) is 23.5 Å². The molecule has 0 aromatic heterocycles. The Balaban J connectivity index is 1.41. The Morgan fingerprint density at radius 2 is 1.68 bits per heavy atom. The van der Waals surface area contributed by atoms with Crippen molar-refractivity contribution in [1.29, 1.82) is 0 Å². The predicted molar refractivity (Wildman–Crippen MR) is 113 cm³/mol. The number of benzene rings is 2. The summed E-state index contributed by atoms with van der Waals surface area (Å²) in [5.41, 5.74) is 3.12. The molecule has 2 aromatic carbocycles. The summed E-state index contributed by atoms with van der Waals surface area (Å²) in [6.07, 6.45) is 5.16. The summed E-state index contributed by atoms with van der Waals surface area (Å²) in [4.78, 5) is 36.2. The van der Waals surface area contributed by atoms with Gasteiger partial charge in [-0.05, 0) is 35.1 Å². The van der Waals surface area contributed by atoms with Crippen LogP contribution in [0.3, 0.4) is 0 Å². The van der Waals surface area contributed by atoms with Crippen LogP contribution in [0, 0.1) is 12.3 Å². The molecule has 7 nitrogen and oxygen atoms in total. The molecule has 4 rings (SSSR count). The average Bonchev–Trinajstić information content (AvgIpc) is 3.48. The number of amides is 2. The van der Waals surface area contributed by atoms with Crippen LogP contribution < -0.4 is 10.6 Å². The highest BCUT2D eigenvalue weighted by Crippen LogP contribution is 2.44. The second kappa shape index (κ2) is 8.15. The zero-order chi connectivity index (χ0) is 22.0. The molecule has 3 N–H and O–H groups in total. The van der Waals surface area contributed by atoms with Crippen LogP contribution in [0.4, 0.5) is 4.79 Å². The maximum Gasteiger partial charge on any atom is 0.407 e. The number of alkyl carbamates (subject to hydrolysis) is 1. The Morgan fingerprint density at radius 3 is 2.19 bits per heavy atom. The summed E-state index contributed by atoms with van der Waals surface area (Å²) in [5.74, 6) is 0.494. The van der Waals surface area contributed by atoms with Crippen molar-refractivity contribution in [3.05, 3.63) is 59.7 Å². The SMILES string of the molecule is C#CCC(NC(=O)OCC1c2ccccc2-c2ccccc21)C(=O)NC1(C(=O)O)CC1. The molecule has 2 aliphatic rings. The van der Waals surface area contributed by atoms with Gasteiger partial charge in [-0.3, -0.25) is 4.79 Å². The van der Waals surface area contributed by atoms with E-state index in [1.807, 2.05) is 48.5 Å². The van der Waals surface area contributed by atoms with Crippen molar-refractivity contribution >= 4 is 18.0 Å². The number of terminal acetylenes is 1. The zero-order valence-electron chi connectivity index (χ0n) is 16.8. The topological polar surface area (TPSA) is 105 Å². The van der Waals surface area contributed by atoms with Crippen LogP contribution in [-0.2, 0) is 14.3 Å². The van der Waals surface area contributed by atoms with Crippen molar-refractivity contribution in [2.75, 3.05) is 6.61 Å². The van der Waals surface area contributed by atoms with Crippen molar-refractivity contribution < 1.29 is 24.2 Å². The van der Waals surface area contributed by atoms with E-state index in [1.165, 1.54) is 0 Å². The largest absolute Gasteiger partial charge is 0.480 e. The van der Waals surface area contributed by atoms with Gasteiger partial charge in [0.15, 0.2) is 0 Å². The predicted octanol–water partition coefficient (Wildman–Crippen LogP) is 2.65. The first-order valence-corrected chi connectivity index (χ1v) is 10.1. The van der Waals surface area contributed by atoms with Gasteiger partial charge in [0.1, 0.15) is 18.2 Å². The lowest BCUT2D eigenvalue weighted by atomic mass is 9.98. The van der Waals surface area contributed by atoms with Crippen LogP contribution in [-0.4, -0.2) is 41.3 Å². The van der Waals surface area contributed by atoms with E-state index in [0.717, 1.165) is 22.3 Å². The van der Waals surface area contributed by atoms with E-state index in [0.29, 0.717) is 12.8 Å². The highest BCUT2D eigenvalue weighted by Gasteiger charge is 2.52. The van der Waals surface area contributed by atoms with Crippen molar-refractivity contribution in [2.24, 2.45) is 0 Å². The fraction of sp³-hybridized carbons (Fsp3) is 0.292. The van der Waals surface area contributed by atoms with E-state index in [1.54, 1.807) is 0 Å². The number of carbonyl (C=O) groups excluding carboxylic acids is 2. The summed E-state index contributed by atoms with van der Waals surface area (Å²) in [7, 11) is 0. The van der Waals surface area contributed by atoms with Gasteiger partial charge >= 0.3 is 12.1 Å². The molecule has 2 amide bonds. The molecule has 0 radical (unpaired) electrons. The third kappa shape index (κ3) is 3.97. The van der Waals surface area contributed by atoms with Crippen LogP contribution in [0.2, 0.25) is 0 Å². The van der Waals surface area contributed by atoms with Gasteiger partial charge in [0.25, 0.3) is 0 Å². The van der Waals surface area contributed by atoms with Crippen LogP contribution in [0.5, 0.6) is 0 Å². The second-order valence-electron chi connectivity index (χ2n) is 7.81. The fourth-order valence-electron chi connectivity index (χ4n) is 3.95. The lowest BCUT2D eigenvalue weighted by Gasteiger charge is -2.20. The first-order valence-electron chi connectivity index (χ1n) is 10.1.